The number of fused-ring (bicyclic) bond motifs is 6. The molecule has 5 heteroatoms. The van der Waals surface area contributed by atoms with Crippen LogP contribution in [-0.2, 0) is 4.57 Å². The first-order valence-electron chi connectivity index (χ1n) is 17.3. The first kappa shape index (κ1) is 30.4. The van der Waals surface area contributed by atoms with Gasteiger partial charge >= 0.3 is 0 Å². The molecule has 10 rings (SSSR count). The quantitative estimate of drug-likeness (QED) is 0.163. The molecule has 0 amide bonds. The van der Waals surface area contributed by atoms with Crippen molar-refractivity contribution >= 4 is 66.9 Å². The second-order valence-corrected chi connectivity index (χ2v) is 15.7. The Balaban J connectivity index is 1.28. The number of nitrogens with zero attached hydrogens (tertiary/aromatic N) is 1. The van der Waals surface area contributed by atoms with Gasteiger partial charge in [0.15, 0.2) is 12.7 Å². The standard InChI is InChI=1S/C47H30NO3P/c49-52(33-17-6-2-7-18-33,34-19-8-3-9-20-34)35-29-27-32(28-30-35)45-43(39-24-14-23-37-36-21-11-13-26-41(36)50-46(37)39)42-38-22-10-12-25-40(38)48-44(47(42)51-45)31-15-4-1-5-16-31/h1-30H. The van der Waals surface area contributed by atoms with Gasteiger partial charge in [-0.2, -0.15) is 0 Å². The minimum atomic E-state index is -3.17. The molecule has 0 radical (unpaired) electrons. The Labute approximate surface area is 300 Å². The number of benzene rings is 7. The molecule has 0 aliphatic rings. The van der Waals surface area contributed by atoms with E-state index in [2.05, 4.69) is 48.5 Å². The fraction of sp³-hybridized carbons (Fsp3) is 0. The molecule has 0 unspecified atom stereocenters. The normalized spacial score (nSPS) is 11.9. The van der Waals surface area contributed by atoms with E-state index < -0.39 is 7.14 Å². The van der Waals surface area contributed by atoms with E-state index in [4.69, 9.17) is 13.8 Å². The molecule has 10 aromatic rings. The van der Waals surface area contributed by atoms with Crippen LogP contribution < -0.4 is 15.9 Å². The second-order valence-electron chi connectivity index (χ2n) is 13.0. The number of rotatable bonds is 6. The molecule has 0 fully saturated rings. The van der Waals surface area contributed by atoms with Crippen molar-refractivity contribution in [3.63, 3.8) is 0 Å². The Morgan fingerprint density at radius 2 is 1.02 bits per heavy atom. The molecule has 52 heavy (non-hydrogen) atoms. The van der Waals surface area contributed by atoms with Gasteiger partial charge in [-0.05, 0) is 12.1 Å². The van der Waals surface area contributed by atoms with Gasteiger partial charge in [-0.25, -0.2) is 4.98 Å². The molecule has 0 N–H and O–H groups in total. The Morgan fingerprint density at radius 1 is 0.442 bits per heavy atom. The molecule has 0 aliphatic heterocycles. The molecule has 0 atom stereocenters. The summed E-state index contributed by atoms with van der Waals surface area (Å²) in [6, 6.07) is 60.4. The third-order valence-corrected chi connectivity index (χ3v) is 13.1. The second kappa shape index (κ2) is 12.1. The van der Waals surface area contributed by atoms with Crippen molar-refractivity contribution in [2.75, 3.05) is 0 Å². The van der Waals surface area contributed by atoms with Gasteiger partial charge < -0.3 is 13.4 Å². The zero-order chi connectivity index (χ0) is 34.6. The number of aromatic nitrogens is 1. The zero-order valence-electron chi connectivity index (χ0n) is 27.9. The Bertz CT molecular complexity index is 2920. The molecule has 0 aliphatic carbocycles. The van der Waals surface area contributed by atoms with E-state index in [1.807, 2.05) is 133 Å². The van der Waals surface area contributed by atoms with Crippen LogP contribution in [0.15, 0.2) is 191 Å². The summed E-state index contributed by atoms with van der Waals surface area (Å²) < 4.78 is 29.0. The fourth-order valence-corrected chi connectivity index (χ4v) is 10.2. The predicted molar refractivity (Wildman–Crippen MR) is 214 cm³/mol. The van der Waals surface area contributed by atoms with Crippen LogP contribution in [0.1, 0.15) is 0 Å². The predicted octanol–water partition coefficient (Wildman–Crippen LogP) is 11.5. The van der Waals surface area contributed by atoms with Gasteiger partial charge in [0.1, 0.15) is 22.6 Å². The maximum Gasteiger partial charge on any atom is 0.171 e. The average molecular weight is 688 g/mol. The van der Waals surface area contributed by atoms with Gasteiger partial charge in [-0.1, -0.05) is 170 Å². The van der Waals surface area contributed by atoms with Crippen molar-refractivity contribution in [2.24, 2.45) is 0 Å². The lowest BCUT2D eigenvalue weighted by atomic mass is 9.94. The van der Waals surface area contributed by atoms with Crippen molar-refractivity contribution < 1.29 is 13.4 Å². The third kappa shape index (κ3) is 4.69. The first-order chi connectivity index (χ1) is 25.7. The highest BCUT2D eigenvalue weighted by molar-refractivity contribution is 7.85. The van der Waals surface area contributed by atoms with Gasteiger partial charge in [-0.15, -0.1) is 0 Å². The SMILES string of the molecule is O=P(c1ccccc1)(c1ccccc1)c1ccc(-c2oc3c(-c4ccccc4)nc4ccccc4c3c2-c2cccc3c2oc2ccccc23)cc1. The van der Waals surface area contributed by atoms with Crippen LogP contribution in [0.5, 0.6) is 0 Å². The van der Waals surface area contributed by atoms with E-state index in [9.17, 15) is 0 Å². The van der Waals surface area contributed by atoms with Crippen molar-refractivity contribution in [2.45, 2.75) is 0 Å². The van der Waals surface area contributed by atoms with Crippen LogP contribution in [0.3, 0.4) is 0 Å². The summed E-state index contributed by atoms with van der Waals surface area (Å²) in [6.07, 6.45) is 0. The Morgan fingerprint density at radius 3 is 1.73 bits per heavy atom. The molecule has 4 nitrogen and oxygen atoms in total. The number of hydrogen-bond donors (Lipinski definition) is 0. The van der Waals surface area contributed by atoms with Crippen molar-refractivity contribution in [1.29, 1.82) is 0 Å². The maximum atomic E-state index is 15.2. The van der Waals surface area contributed by atoms with Gasteiger partial charge in [0, 0.05) is 59.7 Å². The van der Waals surface area contributed by atoms with Gasteiger partial charge in [0.2, 0.25) is 0 Å². The minimum Gasteiger partial charge on any atom is -0.455 e. The van der Waals surface area contributed by atoms with Crippen LogP contribution in [-0.4, -0.2) is 4.98 Å². The van der Waals surface area contributed by atoms with Crippen LogP contribution in [0.4, 0.5) is 0 Å². The zero-order valence-corrected chi connectivity index (χ0v) is 28.8. The molecular formula is C47H30NO3P. The molecule has 246 valence electrons. The maximum absolute atomic E-state index is 15.2. The molecule has 0 saturated heterocycles. The van der Waals surface area contributed by atoms with Gasteiger partial charge in [0.25, 0.3) is 0 Å². The van der Waals surface area contributed by atoms with Gasteiger partial charge in [-0.3, -0.25) is 0 Å². The number of hydrogen-bond acceptors (Lipinski definition) is 4. The van der Waals surface area contributed by atoms with E-state index in [-0.39, 0.29) is 0 Å². The highest BCUT2D eigenvalue weighted by Crippen LogP contribution is 2.49. The smallest absolute Gasteiger partial charge is 0.171 e. The number of pyridine rings is 1. The summed E-state index contributed by atoms with van der Waals surface area (Å²) in [6.45, 7) is 0. The first-order valence-corrected chi connectivity index (χ1v) is 19.0. The van der Waals surface area contributed by atoms with Crippen LogP contribution in [0.25, 0.3) is 77.5 Å². The summed E-state index contributed by atoms with van der Waals surface area (Å²) in [7, 11) is -3.17. The van der Waals surface area contributed by atoms with Crippen LogP contribution in [0, 0.1) is 0 Å². The Hall–Kier alpha value is -6.48. The van der Waals surface area contributed by atoms with Gasteiger partial charge in [0.05, 0.1) is 5.52 Å². The molecule has 3 heterocycles. The number of furan rings is 2. The van der Waals surface area contributed by atoms with Crippen LogP contribution in [0.2, 0.25) is 0 Å². The highest BCUT2D eigenvalue weighted by Gasteiger charge is 2.31. The lowest BCUT2D eigenvalue weighted by Crippen LogP contribution is -2.24. The average Bonchev–Trinajstić information content (AvgIpc) is 3.81. The largest absolute Gasteiger partial charge is 0.455 e. The molecular weight excluding hydrogens is 657 g/mol. The summed E-state index contributed by atoms with van der Waals surface area (Å²) >= 11 is 0. The summed E-state index contributed by atoms with van der Waals surface area (Å²) in [5, 5.41) is 6.40. The van der Waals surface area contributed by atoms with Crippen molar-refractivity contribution in [1.82, 2.24) is 4.98 Å². The van der Waals surface area contributed by atoms with E-state index in [1.165, 1.54) is 0 Å². The van der Waals surface area contributed by atoms with E-state index >= 15 is 4.57 Å². The highest BCUT2D eigenvalue weighted by atomic mass is 31.2. The summed E-state index contributed by atoms with van der Waals surface area (Å²) in [5.41, 5.74) is 7.66. The lowest BCUT2D eigenvalue weighted by molar-refractivity contribution is 0.592. The lowest BCUT2D eigenvalue weighted by Gasteiger charge is -2.20. The summed E-state index contributed by atoms with van der Waals surface area (Å²) in [5.74, 6) is 0.694. The minimum absolute atomic E-state index is 0.694. The Kier molecular flexibility index (Phi) is 7.06. The van der Waals surface area contributed by atoms with E-state index in [1.54, 1.807) is 0 Å². The molecule has 0 bridgehead atoms. The van der Waals surface area contributed by atoms with Crippen LogP contribution >= 0.6 is 7.14 Å². The molecule has 3 aromatic heterocycles. The molecule has 0 spiro atoms. The topological polar surface area (TPSA) is 56.2 Å². The van der Waals surface area contributed by atoms with E-state index in [0.29, 0.717) is 11.3 Å². The molecule has 0 saturated carbocycles. The van der Waals surface area contributed by atoms with Crippen molar-refractivity contribution in [3.05, 3.63) is 182 Å². The third-order valence-electron chi connectivity index (χ3n) is 9.98. The number of para-hydroxylation sites is 3. The monoisotopic (exact) mass is 687 g/mol. The molecule has 7 aromatic carbocycles. The van der Waals surface area contributed by atoms with Crippen molar-refractivity contribution in [3.8, 4) is 33.7 Å². The van der Waals surface area contributed by atoms with E-state index in [0.717, 1.165) is 82.1 Å². The fourth-order valence-electron chi connectivity index (χ4n) is 7.55. The summed E-state index contributed by atoms with van der Waals surface area (Å²) in [4.78, 5) is 5.17.